The number of nitrogens with two attached hydrogens (primary N) is 4. The first kappa shape index (κ1) is 18.5. The van der Waals surface area contributed by atoms with Crippen molar-refractivity contribution in [1.29, 1.82) is 0 Å². The molecule has 118 valence electrons. The Morgan fingerprint density at radius 1 is 0.850 bits per heavy atom. The Bertz CT molecular complexity index is 282. The molecule has 0 aliphatic rings. The summed E-state index contributed by atoms with van der Waals surface area (Å²) in [4.78, 5) is 21.5. The van der Waals surface area contributed by atoms with E-state index in [4.69, 9.17) is 23.2 Å². The predicted octanol–water partition coefficient (Wildman–Crippen LogP) is 0.328. The normalized spacial score (nSPS) is 13.6. The summed E-state index contributed by atoms with van der Waals surface area (Å²) in [5.74, 6) is 11.8. The molecular formula is C12H28N6O2. The number of hydrazine groups is 2. The Morgan fingerprint density at radius 2 is 1.15 bits per heavy atom. The van der Waals surface area contributed by atoms with E-state index in [-0.39, 0.29) is 0 Å². The van der Waals surface area contributed by atoms with Gasteiger partial charge in [-0.05, 0) is 37.5 Å². The summed E-state index contributed by atoms with van der Waals surface area (Å²) < 4.78 is 0. The number of hydrogen-bond donors (Lipinski definition) is 4. The summed E-state index contributed by atoms with van der Waals surface area (Å²) >= 11 is 0. The predicted molar refractivity (Wildman–Crippen MR) is 77.7 cm³/mol. The second-order valence-electron chi connectivity index (χ2n) is 5.30. The van der Waals surface area contributed by atoms with Crippen molar-refractivity contribution in [3.63, 3.8) is 0 Å². The first-order chi connectivity index (χ1) is 9.25. The minimum Gasteiger partial charge on any atom is -0.350 e. The molecular weight excluding hydrogens is 260 g/mol. The van der Waals surface area contributed by atoms with Gasteiger partial charge < -0.3 is 11.5 Å². The SMILES string of the molecule is CC(CCCN(N)C(N)=O)C(C)CCCN(N)C(N)=O. The van der Waals surface area contributed by atoms with Crippen molar-refractivity contribution in [3.8, 4) is 0 Å². The zero-order chi connectivity index (χ0) is 15.7. The molecule has 4 amide bonds. The van der Waals surface area contributed by atoms with Gasteiger partial charge in [0.1, 0.15) is 0 Å². The summed E-state index contributed by atoms with van der Waals surface area (Å²) in [5.41, 5.74) is 10.1. The minimum atomic E-state index is -0.611. The van der Waals surface area contributed by atoms with Crippen LogP contribution in [0.4, 0.5) is 9.59 Å². The maximum atomic E-state index is 10.7. The lowest BCUT2D eigenvalue weighted by Crippen LogP contribution is -2.42. The summed E-state index contributed by atoms with van der Waals surface area (Å²) in [5, 5.41) is 2.05. The first-order valence-electron chi connectivity index (χ1n) is 6.89. The summed E-state index contributed by atoms with van der Waals surface area (Å²) in [6.07, 6.45) is 3.55. The van der Waals surface area contributed by atoms with E-state index in [1.807, 2.05) is 0 Å². The molecule has 0 aromatic rings. The molecule has 0 saturated carbocycles. The average Bonchev–Trinajstić information content (AvgIpc) is 2.37. The maximum Gasteiger partial charge on any atom is 0.328 e. The van der Waals surface area contributed by atoms with E-state index >= 15 is 0 Å². The van der Waals surface area contributed by atoms with Crippen LogP contribution in [0.15, 0.2) is 0 Å². The fourth-order valence-electron chi connectivity index (χ4n) is 1.96. The first-order valence-corrected chi connectivity index (χ1v) is 6.89. The van der Waals surface area contributed by atoms with E-state index in [9.17, 15) is 9.59 Å². The van der Waals surface area contributed by atoms with Crippen LogP contribution < -0.4 is 23.2 Å². The van der Waals surface area contributed by atoms with Crippen LogP contribution >= 0.6 is 0 Å². The van der Waals surface area contributed by atoms with Crippen LogP contribution in [-0.2, 0) is 0 Å². The molecule has 0 aliphatic carbocycles. The Kier molecular flexibility index (Phi) is 8.66. The van der Waals surface area contributed by atoms with E-state index in [2.05, 4.69) is 13.8 Å². The number of hydrogen-bond acceptors (Lipinski definition) is 4. The number of urea groups is 2. The highest BCUT2D eigenvalue weighted by molar-refractivity contribution is 5.71. The molecule has 8 heteroatoms. The number of carbonyl (C=O) groups is 2. The van der Waals surface area contributed by atoms with Crippen molar-refractivity contribution in [1.82, 2.24) is 10.0 Å². The van der Waals surface area contributed by atoms with Crippen molar-refractivity contribution >= 4 is 12.1 Å². The van der Waals surface area contributed by atoms with Crippen LogP contribution in [0.25, 0.3) is 0 Å². The third kappa shape index (κ3) is 7.80. The van der Waals surface area contributed by atoms with Gasteiger partial charge in [-0.2, -0.15) is 0 Å². The second kappa shape index (κ2) is 9.38. The van der Waals surface area contributed by atoms with Crippen LogP contribution in [0.2, 0.25) is 0 Å². The van der Waals surface area contributed by atoms with Gasteiger partial charge in [0.2, 0.25) is 0 Å². The number of rotatable bonds is 9. The Morgan fingerprint density at radius 3 is 1.40 bits per heavy atom. The van der Waals surface area contributed by atoms with Crippen LogP contribution in [0.1, 0.15) is 39.5 Å². The molecule has 8 nitrogen and oxygen atoms in total. The van der Waals surface area contributed by atoms with E-state index in [0.717, 1.165) is 35.7 Å². The van der Waals surface area contributed by atoms with Gasteiger partial charge in [0.15, 0.2) is 0 Å². The zero-order valence-electron chi connectivity index (χ0n) is 12.4. The molecule has 2 atom stereocenters. The van der Waals surface area contributed by atoms with Crippen LogP contribution in [0.5, 0.6) is 0 Å². The van der Waals surface area contributed by atoms with Gasteiger partial charge in [0, 0.05) is 13.1 Å². The quantitative estimate of drug-likeness (QED) is 0.275. The number of carbonyl (C=O) groups excluding carboxylic acids is 2. The molecule has 0 aromatic heterocycles. The lowest BCUT2D eigenvalue weighted by atomic mass is 9.88. The molecule has 0 radical (unpaired) electrons. The van der Waals surface area contributed by atoms with Crippen LogP contribution in [0, 0.1) is 11.8 Å². The van der Waals surface area contributed by atoms with Gasteiger partial charge in [0.25, 0.3) is 0 Å². The van der Waals surface area contributed by atoms with E-state index < -0.39 is 12.1 Å². The van der Waals surface area contributed by atoms with E-state index in [0.29, 0.717) is 24.9 Å². The Balaban J connectivity index is 3.78. The van der Waals surface area contributed by atoms with Gasteiger partial charge >= 0.3 is 12.1 Å². The third-order valence-corrected chi connectivity index (χ3v) is 3.65. The van der Waals surface area contributed by atoms with E-state index in [1.165, 1.54) is 0 Å². The molecule has 0 saturated heterocycles. The molecule has 0 fully saturated rings. The topological polar surface area (TPSA) is 145 Å². The highest BCUT2D eigenvalue weighted by Gasteiger charge is 2.14. The molecule has 0 aromatic carbocycles. The van der Waals surface area contributed by atoms with E-state index in [1.54, 1.807) is 0 Å². The molecule has 0 aliphatic heterocycles. The highest BCUT2D eigenvalue weighted by atomic mass is 16.2. The number of nitrogens with zero attached hydrogens (tertiary/aromatic N) is 2. The van der Waals surface area contributed by atoms with Gasteiger partial charge in [-0.3, -0.25) is 10.0 Å². The summed E-state index contributed by atoms with van der Waals surface area (Å²) in [6.45, 7) is 5.24. The van der Waals surface area contributed by atoms with Gasteiger partial charge in [0.05, 0.1) is 0 Å². The van der Waals surface area contributed by atoms with Crippen molar-refractivity contribution in [2.24, 2.45) is 35.0 Å². The second-order valence-corrected chi connectivity index (χ2v) is 5.30. The largest absolute Gasteiger partial charge is 0.350 e. The molecule has 0 heterocycles. The number of amides is 4. The fraction of sp³-hybridized carbons (Fsp3) is 0.833. The van der Waals surface area contributed by atoms with Gasteiger partial charge in [-0.25, -0.2) is 21.3 Å². The Hall–Kier alpha value is -1.54. The monoisotopic (exact) mass is 288 g/mol. The molecule has 0 bridgehead atoms. The fourth-order valence-corrected chi connectivity index (χ4v) is 1.96. The zero-order valence-corrected chi connectivity index (χ0v) is 12.4. The van der Waals surface area contributed by atoms with Crippen molar-refractivity contribution in [2.45, 2.75) is 39.5 Å². The van der Waals surface area contributed by atoms with Crippen molar-refractivity contribution in [2.75, 3.05) is 13.1 Å². The minimum absolute atomic E-state index is 0.463. The molecule has 20 heavy (non-hydrogen) atoms. The van der Waals surface area contributed by atoms with Gasteiger partial charge in [-0.15, -0.1) is 0 Å². The standard InChI is InChI=1S/C12H28N6O2/c1-9(5-3-7-17(15)11(13)19)10(2)6-4-8-18(16)12(14)20/h9-10H,3-8,15-16H2,1-2H3,(H2,13,19)(H2,14,20). The van der Waals surface area contributed by atoms with Crippen molar-refractivity contribution < 1.29 is 9.59 Å². The highest BCUT2D eigenvalue weighted by Crippen LogP contribution is 2.21. The Labute approximate surface area is 120 Å². The third-order valence-electron chi connectivity index (χ3n) is 3.65. The summed E-state index contributed by atoms with van der Waals surface area (Å²) in [7, 11) is 0. The number of primary amides is 2. The molecule has 0 rings (SSSR count). The summed E-state index contributed by atoms with van der Waals surface area (Å²) in [6, 6.07) is -1.22. The molecule has 0 spiro atoms. The lowest BCUT2D eigenvalue weighted by Gasteiger charge is -2.22. The lowest BCUT2D eigenvalue weighted by molar-refractivity contribution is 0.201. The molecule has 2 unspecified atom stereocenters. The van der Waals surface area contributed by atoms with Gasteiger partial charge in [-0.1, -0.05) is 13.8 Å². The van der Waals surface area contributed by atoms with Crippen molar-refractivity contribution in [3.05, 3.63) is 0 Å². The molecule has 8 N–H and O–H groups in total. The van der Waals surface area contributed by atoms with Crippen LogP contribution in [-0.4, -0.2) is 35.2 Å². The maximum absolute atomic E-state index is 10.7. The van der Waals surface area contributed by atoms with Crippen LogP contribution in [0.3, 0.4) is 0 Å². The smallest absolute Gasteiger partial charge is 0.328 e. The average molecular weight is 288 g/mol.